The second-order valence-electron chi connectivity index (χ2n) is 6.53. The number of esters is 1. The lowest BCUT2D eigenvalue weighted by atomic mass is 10.1. The third kappa shape index (κ3) is 4.54. The molecule has 1 heterocycles. The van der Waals surface area contributed by atoms with Gasteiger partial charge in [0.05, 0.1) is 20.3 Å². The Bertz CT molecular complexity index is 887. The van der Waals surface area contributed by atoms with Crippen LogP contribution in [0.15, 0.2) is 24.3 Å². The van der Waals surface area contributed by atoms with Crippen molar-refractivity contribution >= 4 is 5.97 Å². The molecule has 1 aliphatic heterocycles. The van der Waals surface area contributed by atoms with Crippen molar-refractivity contribution in [2.24, 2.45) is 0 Å². The summed E-state index contributed by atoms with van der Waals surface area (Å²) in [4.78, 5) is 14.3. The minimum atomic E-state index is -2.35. The van der Waals surface area contributed by atoms with Crippen molar-refractivity contribution in [2.75, 3.05) is 40.0 Å². The standard InChI is InChI=1S/C20H18F5NO4/c1-28-12-4-2-11(3-5-12)13(10-26-6-8-29-9-7-26)30-20(27)14-15(21)17(23)19(25)18(24)16(14)22/h2-5,13H,6-10H2,1H3. The normalized spacial score (nSPS) is 15.7. The third-order valence-electron chi connectivity index (χ3n) is 4.68. The Labute approximate surface area is 168 Å². The van der Waals surface area contributed by atoms with Crippen LogP contribution in [0.3, 0.4) is 0 Å². The molecule has 162 valence electrons. The molecule has 1 saturated heterocycles. The summed E-state index contributed by atoms with van der Waals surface area (Å²) in [5.74, 6) is -12.4. The monoisotopic (exact) mass is 431 g/mol. The second kappa shape index (κ2) is 9.40. The molecule has 0 aromatic heterocycles. The second-order valence-corrected chi connectivity index (χ2v) is 6.53. The summed E-state index contributed by atoms with van der Waals surface area (Å²) in [7, 11) is 1.46. The molecule has 1 aliphatic rings. The van der Waals surface area contributed by atoms with Gasteiger partial charge in [0.2, 0.25) is 5.82 Å². The van der Waals surface area contributed by atoms with Gasteiger partial charge in [-0.25, -0.2) is 26.7 Å². The average Bonchev–Trinajstić information content (AvgIpc) is 2.77. The van der Waals surface area contributed by atoms with Crippen molar-refractivity contribution in [3.05, 3.63) is 64.5 Å². The first-order valence-corrected chi connectivity index (χ1v) is 9.00. The Morgan fingerprint density at radius 2 is 1.50 bits per heavy atom. The number of carbonyl (C=O) groups excluding carboxylic acids is 1. The fourth-order valence-electron chi connectivity index (χ4n) is 3.02. The molecule has 2 aromatic rings. The number of hydrogen-bond acceptors (Lipinski definition) is 5. The smallest absolute Gasteiger partial charge is 0.345 e. The number of halogens is 5. The van der Waals surface area contributed by atoms with E-state index in [1.165, 1.54) is 7.11 Å². The van der Waals surface area contributed by atoms with Gasteiger partial charge in [0, 0.05) is 19.6 Å². The van der Waals surface area contributed by atoms with Crippen LogP contribution in [0.5, 0.6) is 5.75 Å². The van der Waals surface area contributed by atoms with Gasteiger partial charge < -0.3 is 14.2 Å². The molecule has 0 radical (unpaired) electrons. The van der Waals surface area contributed by atoms with E-state index < -0.39 is 46.7 Å². The van der Waals surface area contributed by atoms with E-state index in [4.69, 9.17) is 14.2 Å². The van der Waals surface area contributed by atoms with E-state index in [2.05, 4.69) is 0 Å². The highest BCUT2D eigenvalue weighted by molar-refractivity contribution is 5.90. The minimum absolute atomic E-state index is 0.136. The number of hydrogen-bond donors (Lipinski definition) is 0. The zero-order valence-electron chi connectivity index (χ0n) is 15.9. The highest BCUT2D eigenvalue weighted by Gasteiger charge is 2.32. The van der Waals surface area contributed by atoms with Gasteiger partial charge >= 0.3 is 5.97 Å². The van der Waals surface area contributed by atoms with Gasteiger partial charge in [0.25, 0.3) is 0 Å². The van der Waals surface area contributed by atoms with Crippen LogP contribution in [0, 0.1) is 29.1 Å². The summed E-state index contributed by atoms with van der Waals surface area (Å²) in [5.41, 5.74) is -1.17. The maximum absolute atomic E-state index is 14.0. The first-order valence-electron chi connectivity index (χ1n) is 9.00. The van der Waals surface area contributed by atoms with Crippen molar-refractivity contribution in [3.63, 3.8) is 0 Å². The van der Waals surface area contributed by atoms with E-state index in [1.54, 1.807) is 24.3 Å². The van der Waals surface area contributed by atoms with Crippen LogP contribution in [0.25, 0.3) is 0 Å². The van der Waals surface area contributed by atoms with Crippen LogP contribution in [0.4, 0.5) is 22.0 Å². The molecule has 2 aromatic carbocycles. The van der Waals surface area contributed by atoms with Crippen molar-refractivity contribution in [3.8, 4) is 5.75 Å². The van der Waals surface area contributed by atoms with Crippen LogP contribution < -0.4 is 4.74 Å². The maximum Gasteiger partial charge on any atom is 0.345 e. The number of benzene rings is 2. The van der Waals surface area contributed by atoms with Crippen molar-refractivity contribution in [1.29, 1.82) is 0 Å². The molecule has 30 heavy (non-hydrogen) atoms. The Balaban J connectivity index is 1.91. The molecule has 0 N–H and O–H groups in total. The molecule has 1 atom stereocenters. The summed E-state index contributed by atoms with van der Waals surface area (Å²) in [6, 6.07) is 6.34. The summed E-state index contributed by atoms with van der Waals surface area (Å²) in [6.07, 6.45) is -1.03. The van der Waals surface area contributed by atoms with Crippen LogP contribution in [-0.4, -0.2) is 50.8 Å². The number of carbonyl (C=O) groups is 1. The topological polar surface area (TPSA) is 48.0 Å². The lowest BCUT2D eigenvalue weighted by Crippen LogP contribution is -2.39. The Hall–Kier alpha value is -2.72. The fourth-order valence-corrected chi connectivity index (χ4v) is 3.02. The van der Waals surface area contributed by atoms with Crippen LogP contribution in [0.1, 0.15) is 22.0 Å². The summed E-state index contributed by atoms with van der Waals surface area (Å²) in [5, 5.41) is 0. The van der Waals surface area contributed by atoms with Gasteiger partial charge in [0.15, 0.2) is 23.3 Å². The zero-order chi connectivity index (χ0) is 21.8. The van der Waals surface area contributed by atoms with E-state index in [9.17, 15) is 26.7 Å². The molecular formula is C20H18F5NO4. The highest BCUT2D eigenvalue weighted by Crippen LogP contribution is 2.28. The summed E-state index contributed by atoms with van der Waals surface area (Å²) < 4.78 is 83.7. The third-order valence-corrected chi connectivity index (χ3v) is 4.68. The largest absolute Gasteiger partial charge is 0.497 e. The van der Waals surface area contributed by atoms with E-state index in [-0.39, 0.29) is 6.54 Å². The SMILES string of the molecule is COc1ccc(C(CN2CCOCC2)OC(=O)c2c(F)c(F)c(F)c(F)c2F)cc1. The lowest BCUT2D eigenvalue weighted by molar-refractivity contribution is -0.00537. The quantitative estimate of drug-likeness (QED) is 0.303. The fraction of sp³-hybridized carbons (Fsp3) is 0.350. The van der Waals surface area contributed by atoms with Crippen molar-refractivity contribution < 1.29 is 41.0 Å². The lowest BCUT2D eigenvalue weighted by Gasteiger charge is -2.30. The van der Waals surface area contributed by atoms with Gasteiger partial charge in [0.1, 0.15) is 17.4 Å². The molecule has 0 saturated carbocycles. The first kappa shape index (κ1) is 22.0. The number of nitrogens with zero attached hydrogens (tertiary/aromatic N) is 1. The number of ether oxygens (including phenoxy) is 3. The number of methoxy groups -OCH3 is 1. The van der Waals surface area contributed by atoms with E-state index in [1.807, 2.05) is 4.90 Å². The number of rotatable bonds is 6. The highest BCUT2D eigenvalue weighted by atomic mass is 19.2. The molecule has 0 amide bonds. The molecule has 0 spiro atoms. The maximum atomic E-state index is 14.0. The van der Waals surface area contributed by atoms with E-state index in [0.717, 1.165) is 0 Å². The summed E-state index contributed by atoms with van der Waals surface area (Å²) in [6.45, 7) is 2.07. The van der Waals surface area contributed by atoms with Crippen molar-refractivity contribution in [2.45, 2.75) is 6.10 Å². The van der Waals surface area contributed by atoms with Gasteiger partial charge in [-0.2, -0.15) is 0 Å². The summed E-state index contributed by atoms with van der Waals surface area (Å²) >= 11 is 0. The van der Waals surface area contributed by atoms with E-state index in [0.29, 0.717) is 37.6 Å². The average molecular weight is 431 g/mol. The van der Waals surface area contributed by atoms with E-state index >= 15 is 0 Å². The molecule has 3 rings (SSSR count). The molecule has 5 nitrogen and oxygen atoms in total. The van der Waals surface area contributed by atoms with Crippen LogP contribution in [0.2, 0.25) is 0 Å². The molecule has 1 fully saturated rings. The molecule has 0 aliphatic carbocycles. The molecular weight excluding hydrogens is 413 g/mol. The first-order chi connectivity index (χ1) is 14.3. The Morgan fingerprint density at radius 3 is 2.03 bits per heavy atom. The molecule has 0 bridgehead atoms. The Morgan fingerprint density at radius 1 is 0.967 bits per heavy atom. The van der Waals surface area contributed by atoms with Gasteiger partial charge in [-0.3, -0.25) is 4.90 Å². The predicted octanol–water partition coefficient (Wildman–Crippen LogP) is 3.62. The van der Waals surface area contributed by atoms with Gasteiger partial charge in [-0.15, -0.1) is 0 Å². The van der Waals surface area contributed by atoms with Crippen LogP contribution >= 0.6 is 0 Å². The minimum Gasteiger partial charge on any atom is -0.497 e. The predicted molar refractivity (Wildman–Crippen MR) is 94.6 cm³/mol. The Kier molecular flexibility index (Phi) is 6.88. The number of morpholine rings is 1. The molecule has 1 unspecified atom stereocenters. The zero-order valence-corrected chi connectivity index (χ0v) is 15.9. The van der Waals surface area contributed by atoms with Crippen molar-refractivity contribution in [1.82, 2.24) is 4.90 Å². The van der Waals surface area contributed by atoms with Gasteiger partial charge in [-0.1, -0.05) is 12.1 Å². The van der Waals surface area contributed by atoms with Gasteiger partial charge in [-0.05, 0) is 17.7 Å². The molecule has 10 heteroatoms. The van der Waals surface area contributed by atoms with Crippen LogP contribution in [-0.2, 0) is 9.47 Å².